The largest absolute Gasteiger partial charge is 0.490 e. The van der Waals surface area contributed by atoms with Crippen LogP contribution in [-0.2, 0) is 15.0 Å². The molecule has 0 bridgehead atoms. The van der Waals surface area contributed by atoms with Crippen molar-refractivity contribution in [3.05, 3.63) is 54.4 Å². The molecule has 2 amide bonds. The summed E-state index contributed by atoms with van der Waals surface area (Å²) in [5.41, 5.74) is 1.68. The van der Waals surface area contributed by atoms with E-state index < -0.39 is 0 Å². The molecule has 0 unspecified atom stereocenters. The highest BCUT2D eigenvalue weighted by Gasteiger charge is 2.38. The molecule has 0 atom stereocenters. The van der Waals surface area contributed by atoms with Crippen molar-refractivity contribution >= 4 is 29.1 Å². The molecule has 1 aliphatic carbocycles. The topological polar surface area (TPSA) is 71.5 Å². The van der Waals surface area contributed by atoms with Crippen LogP contribution in [0.2, 0.25) is 0 Å². The predicted octanol–water partition coefficient (Wildman–Crippen LogP) is 4.39. The summed E-state index contributed by atoms with van der Waals surface area (Å²) in [5.74, 6) is 0.439. The van der Waals surface area contributed by atoms with Gasteiger partial charge in [0.05, 0.1) is 12.3 Å². The van der Waals surface area contributed by atoms with Crippen molar-refractivity contribution in [3.63, 3.8) is 0 Å². The maximum Gasteiger partial charge on any atom is 0.237 e. The molecular formula is C25H30ClN3O3. The highest BCUT2D eigenvalue weighted by molar-refractivity contribution is 6.27. The minimum atomic E-state index is -0.128. The fourth-order valence-corrected chi connectivity index (χ4v) is 4.99. The van der Waals surface area contributed by atoms with E-state index in [1.807, 2.05) is 42.6 Å². The molecule has 6 nitrogen and oxygen atoms in total. The average molecular weight is 456 g/mol. The number of benzene rings is 1. The summed E-state index contributed by atoms with van der Waals surface area (Å²) in [7, 11) is 0. The first-order valence-electron chi connectivity index (χ1n) is 11.4. The Balaban J connectivity index is 1.40. The quantitative estimate of drug-likeness (QED) is 0.628. The van der Waals surface area contributed by atoms with Crippen LogP contribution in [-0.4, -0.2) is 47.3 Å². The normalized spacial score (nSPS) is 18.3. The van der Waals surface area contributed by atoms with Crippen molar-refractivity contribution in [2.24, 2.45) is 5.92 Å². The zero-order valence-corrected chi connectivity index (χ0v) is 19.0. The molecule has 2 heterocycles. The minimum absolute atomic E-state index is 0.0123. The van der Waals surface area contributed by atoms with E-state index in [0.717, 1.165) is 18.5 Å². The number of likely N-dealkylation sites (tertiary alicyclic amines) is 1. The van der Waals surface area contributed by atoms with Gasteiger partial charge in [-0.15, -0.1) is 11.6 Å². The first-order chi connectivity index (χ1) is 15.6. The molecule has 2 fully saturated rings. The van der Waals surface area contributed by atoms with Crippen LogP contribution in [0.3, 0.4) is 0 Å². The van der Waals surface area contributed by atoms with Crippen LogP contribution in [0.4, 0.5) is 5.69 Å². The maximum atomic E-state index is 12.9. The summed E-state index contributed by atoms with van der Waals surface area (Å²) in [6.45, 7) is 1.67. The van der Waals surface area contributed by atoms with Crippen molar-refractivity contribution in [2.75, 3.05) is 30.9 Å². The van der Waals surface area contributed by atoms with Gasteiger partial charge >= 0.3 is 0 Å². The molecule has 2 aliphatic rings. The summed E-state index contributed by atoms with van der Waals surface area (Å²) in [5, 5.41) is 3.06. The third kappa shape index (κ3) is 5.07. The molecule has 1 aromatic heterocycles. The first-order valence-corrected chi connectivity index (χ1v) is 11.9. The second kappa shape index (κ2) is 10.3. The van der Waals surface area contributed by atoms with Gasteiger partial charge in [-0.1, -0.05) is 31.0 Å². The van der Waals surface area contributed by atoms with Gasteiger partial charge < -0.3 is 15.0 Å². The molecule has 0 radical (unpaired) electrons. The molecule has 1 aliphatic heterocycles. The number of piperidine rings is 1. The molecule has 4 rings (SSSR count). The lowest BCUT2D eigenvalue weighted by Gasteiger charge is -2.31. The molecule has 7 heteroatoms. The summed E-state index contributed by atoms with van der Waals surface area (Å²) in [6.07, 6.45) is 7.57. The Labute approximate surface area is 194 Å². The molecule has 32 heavy (non-hydrogen) atoms. The second-order valence-electron chi connectivity index (χ2n) is 8.77. The number of para-hydroxylation sites is 2. The van der Waals surface area contributed by atoms with E-state index in [2.05, 4.69) is 16.4 Å². The van der Waals surface area contributed by atoms with E-state index in [1.165, 1.54) is 12.8 Å². The molecule has 1 saturated carbocycles. The fraction of sp³-hybridized carbons (Fsp3) is 0.480. The zero-order valence-electron chi connectivity index (χ0n) is 18.3. The van der Waals surface area contributed by atoms with Crippen LogP contribution in [0.25, 0.3) is 0 Å². The number of carbonyl (C=O) groups excluding carboxylic acids is 2. The van der Waals surface area contributed by atoms with E-state index in [-0.39, 0.29) is 29.0 Å². The molecule has 2 aromatic rings. The number of nitrogens with zero attached hydrogens (tertiary/aromatic N) is 2. The Kier molecular flexibility index (Phi) is 7.30. The van der Waals surface area contributed by atoms with Crippen molar-refractivity contribution in [2.45, 2.75) is 43.9 Å². The minimum Gasteiger partial charge on any atom is -0.490 e. The van der Waals surface area contributed by atoms with Gasteiger partial charge in [0.15, 0.2) is 0 Å². The SMILES string of the molecule is O=C(Nc1ccccc1OCC1(c2ccccn2)CCCC1)C1CCN(C(=O)CCl)CC1. The second-order valence-corrected chi connectivity index (χ2v) is 9.03. The van der Waals surface area contributed by atoms with Gasteiger partial charge in [-0.2, -0.15) is 0 Å². The lowest BCUT2D eigenvalue weighted by Crippen LogP contribution is -2.42. The molecule has 1 N–H and O–H groups in total. The first kappa shape index (κ1) is 22.6. The van der Waals surface area contributed by atoms with Gasteiger partial charge in [-0.3, -0.25) is 14.6 Å². The fourth-order valence-electron chi connectivity index (χ4n) is 4.82. The van der Waals surface area contributed by atoms with Crippen LogP contribution in [0.5, 0.6) is 5.75 Å². The molecule has 170 valence electrons. The number of ether oxygens (including phenoxy) is 1. The van der Waals surface area contributed by atoms with Gasteiger partial charge in [0.2, 0.25) is 11.8 Å². The average Bonchev–Trinajstić information content (AvgIpc) is 3.34. The van der Waals surface area contributed by atoms with Gasteiger partial charge in [-0.05, 0) is 49.9 Å². The highest BCUT2D eigenvalue weighted by atomic mass is 35.5. The third-order valence-corrected chi connectivity index (χ3v) is 6.98. The molecule has 1 aromatic carbocycles. The van der Waals surface area contributed by atoms with E-state index in [0.29, 0.717) is 44.0 Å². The van der Waals surface area contributed by atoms with Crippen LogP contribution < -0.4 is 10.1 Å². The van der Waals surface area contributed by atoms with E-state index >= 15 is 0 Å². The number of rotatable bonds is 7. The monoisotopic (exact) mass is 455 g/mol. The van der Waals surface area contributed by atoms with E-state index in [4.69, 9.17) is 16.3 Å². The van der Waals surface area contributed by atoms with Gasteiger partial charge in [0.1, 0.15) is 11.6 Å². The number of hydrogen-bond donors (Lipinski definition) is 1. The standard InChI is InChI=1S/C25H30ClN3O3/c26-17-23(30)29-15-10-19(11-16-29)24(31)28-20-7-1-2-8-21(20)32-18-25(12-4-5-13-25)22-9-3-6-14-27-22/h1-3,6-9,14,19H,4-5,10-13,15-18H2,(H,28,31). The van der Waals surface area contributed by atoms with E-state index in [9.17, 15) is 9.59 Å². The predicted molar refractivity (Wildman–Crippen MR) is 125 cm³/mol. The number of carbonyl (C=O) groups is 2. The van der Waals surface area contributed by atoms with Crippen molar-refractivity contribution in [1.82, 2.24) is 9.88 Å². The van der Waals surface area contributed by atoms with Crippen molar-refractivity contribution < 1.29 is 14.3 Å². The zero-order chi connectivity index (χ0) is 22.4. The summed E-state index contributed by atoms with van der Waals surface area (Å²) in [4.78, 5) is 31.0. The number of amides is 2. The molecular weight excluding hydrogens is 426 g/mol. The maximum absolute atomic E-state index is 12.9. The van der Waals surface area contributed by atoms with Crippen LogP contribution >= 0.6 is 11.6 Å². The van der Waals surface area contributed by atoms with Gasteiger partial charge in [-0.25, -0.2) is 0 Å². The molecule has 1 saturated heterocycles. The van der Waals surface area contributed by atoms with Crippen LogP contribution in [0, 0.1) is 5.92 Å². The summed E-state index contributed by atoms with van der Waals surface area (Å²) < 4.78 is 6.31. The Morgan fingerprint density at radius 1 is 1.09 bits per heavy atom. The number of nitrogens with one attached hydrogen (secondary N) is 1. The highest BCUT2D eigenvalue weighted by Crippen LogP contribution is 2.41. The lowest BCUT2D eigenvalue weighted by molar-refractivity contribution is -0.132. The van der Waals surface area contributed by atoms with Crippen LogP contribution in [0.1, 0.15) is 44.2 Å². The smallest absolute Gasteiger partial charge is 0.237 e. The van der Waals surface area contributed by atoms with Crippen molar-refractivity contribution in [1.29, 1.82) is 0 Å². The van der Waals surface area contributed by atoms with Crippen molar-refractivity contribution in [3.8, 4) is 5.75 Å². The third-order valence-electron chi connectivity index (χ3n) is 6.75. The Bertz CT molecular complexity index is 923. The number of aromatic nitrogens is 1. The van der Waals surface area contributed by atoms with Gasteiger partial charge in [0, 0.05) is 36.3 Å². The number of hydrogen-bond acceptors (Lipinski definition) is 4. The number of halogens is 1. The number of alkyl halides is 1. The van der Waals surface area contributed by atoms with Gasteiger partial charge in [0.25, 0.3) is 0 Å². The number of anilines is 1. The van der Waals surface area contributed by atoms with E-state index in [1.54, 1.807) is 4.90 Å². The lowest BCUT2D eigenvalue weighted by atomic mass is 9.83. The Hall–Kier alpha value is -2.60. The Morgan fingerprint density at radius 3 is 2.50 bits per heavy atom. The summed E-state index contributed by atoms with van der Waals surface area (Å²) >= 11 is 5.65. The summed E-state index contributed by atoms with van der Waals surface area (Å²) in [6, 6.07) is 13.7. The molecule has 0 spiro atoms. The number of pyridine rings is 1. The Morgan fingerprint density at radius 2 is 1.81 bits per heavy atom. The van der Waals surface area contributed by atoms with Crippen LogP contribution in [0.15, 0.2) is 48.7 Å².